The van der Waals surface area contributed by atoms with Gasteiger partial charge >= 0.3 is 18.2 Å². The molecule has 1 fully saturated rings. The number of rotatable bonds is 4. The maximum Gasteiger partial charge on any atom is 0.408 e. The van der Waals surface area contributed by atoms with Gasteiger partial charge in [-0.25, -0.2) is 14.4 Å². The fourth-order valence-electron chi connectivity index (χ4n) is 4.19. The van der Waals surface area contributed by atoms with E-state index in [4.69, 9.17) is 14.9 Å². The van der Waals surface area contributed by atoms with Crippen molar-refractivity contribution in [3.05, 3.63) is 59.7 Å². The molecule has 1 aliphatic carbocycles. The van der Waals surface area contributed by atoms with Crippen LogP contribution in [-0.4, -0.2) is 58.5 Å². The molecular formula is C21H20N2O6. The molecule has 0 radical (unpaired) electrons. The molecule has 0 bridgehead atoms. The van der Waals surface area contributed by atoms with Crippen molar-refractivity contribution in [1.82, 2.24) is 10.2 Å². The van der Waals surface area contributed by atoms with Gasteiger partial charge in [-0.15, -0.1) is 0 Å². The van der Waals surface area contributed by atoms with E-state index in [9.17, 15) is 14.4 Å². The van der Waals surface area contributed by atoms with Crippen LogP contribution in [0, 0.1) is 0 Å². The summed E-state index contributed by atoms with van der Waals surface area (Å²) < 4.78 is 5.43. The molecule has 2 aromatic rings. The molecule has 0 spiro atoms. The monoisotopic (exact) mass is 396 g/mol. The van der Waals surface area contributed by atoms with Crippen LogP contribution in [0.1, 0.15) is 23.5 Å². The summed E-state index contributed by atoms with van der Waals surface area (Å²) in [5, 5.41) is 20.9. The van der Waals surface area contributed by atoms with Crippen molar-refractivity contribution in [3.8, 4) is 11.1 Å². The first-order chi connectivity index (χ1) is 14.0. The lowest BCUT2D eigenvalue weighted by Gasteiger charge is -2.17. The minimum absolute atomic E-state index is 0.00578. The van der Waals surface area contributed by atoms with E-state index in [2.05, 4.69) is 5.32 Å². The first kappa shape index (κ1) is 18.8. The molecule has 150 valence electrons. The minimum Gasteiger partial charge on any atom is -0.480 e. The predicted molar refractivity (Wildman–Crippen MR) is 103 cm³/mol. The Morgan fingerprint density at radius 1 is 1.00 bits per heavy atom. The third-order valence-electron chi connectivity index (χ3n) is 5.50. The van der Waals surface area contributed by atoms with Gasteiger partial charge in [0.1, 0.15) is 12.6 Å². The number of carboxylic acid groups (broad SMARTS) is 2. The molecule has 1 heterocycles. The highest BCUT2D eigenvalue weighted by Gasteiger charge is 2.40. The normalized spacial score (nSPS) is 20.1. The first-order valence-electron chi connectivity index (χ1n) is 9.29. The molecule has 1 aliphatic heterocycles. The van der Waals surface area contributed by atoms with Crippen molar-refractivity contribution in [2.45, 2.75) is 24.4 Å². The average molecular weight is 396 g/mol. The Labute approximate surface area is 166 Å². The van der Waals surface area contributed by atoms with Crippen LogP contribution in [0.4, 0.5) is 9.59 Å². The second kappa shape index (κ2) is 7.46. The van der Waals surface area contributed by atoms with Crippen LogP contribution in [0.25, 0.3) is 11.1 Å². The topological polar surface area (TPSA) is 116 Å². The van der Waals surface area contributed by atoms with Crippen LogP contribution >= 0.6 is 0 Å². The molecule has 2 atom stereocenters. The number of carbonyl (C=O) groups is 3. The summed E-state index contributed by atoms with van der Waals surface area (Å²) in [6.45, 7) is 0.0497. The molecule has 2 aliphatic rings. The highest BCUT2D eigenvalue weighted by atomic mass is 16.5. The molecule has 3 N–H and O–H groups in total. The lowest BCUT2D eigenvalue weighted by atomic mass is 9.98. The molecule has 8 nitrogen and oxygen atoms in total. The number of fused-ring (bicyclic) bond motifs is 3. The van der Waals surface area contributed by atoms with Gasteiger partial charge in [0, 0.05) is 18.9 Å². The SMILES string of the molecule is O=C(N[C@H]1C[C@@H](C(=O)O)N(C(=O)O)C1)OCC1c2ccccc2-c2ccccc21. The van der Waals surface area contributed by atoms with Gasteiger partial charge in [-0.05, 0) is 22.3 Å². The smallest absolute Gasteiger partial charge is 0.408 e. The highest BCUT2D eigenvalue weighted by molar-refractivity contribution is 5.81. The second-order valence-electron chi connectivity index (χ2n) is 7.19. The summed E-state index contributed by atoms with van der Waals surface area (Å²) in [5.41, 5.74) is 4.42. The third kappa shape index (κ3) is 3.49. The number of benzene rings is 2. The van der Waals surface area contributed by atoms with Gasteiger partial charge in [0.25, 0.3) is 0 Å². The Hall–Kier alpha value is -3.55. The van der Waals surface area contributed by atoms with Crippen LogP contribution < -0.4 is 5.32 Å². The summed E-state index contributed by atoms with van der Waals surface area (Å²) in [4.78, 5) is 35.5. The molecule has 2 amide bonds. The van der Waals surface area contributed by atoms with E-state index < -0.39 is 30.2 Å². The number of alkyl carbamates (subject to hydrolysis) is 1. The fourth-order valence-corrected chi connectivity index (χ4v) is 4.19. The maximum atomic E-state index is 12.3. The van der Waals surface area contributed by atoms with Crippen LogP contribution in [0.3, 0.4) is 0 Å². The summed E-state index contributed by atoms with van der Waals surface area (Å²) in [6, 6.07) is 14.2. The van der Waals surface area contributed by atoms with E-state index in [1.807, 2.05) is 48.5 Å². The number of likely N-dealkylation sites (tertiary alicyclic amines) is 1. The van der Waals surface area contributed by atoms with Gasteiger partial charge in [-0.1, -0.05) is 48.5 Å². The molecule has 0 aromatic heterocycles. The molecule has 1 saturated heterocycles. The van der Waals surface area contributed by atoms with E-state index in [1.54, 1.807) is 0 Å². The number of hydrogen-bond donors (Lipinski definition) is 3. The van der Waals surface area contributed by atoms with Crippen molar-refractivity contribution in [2.75, 3.05) is 13.2 Å². The largest absolute Gasteiger partial charge is 0.480 e. The van der Waals surface area contributed by atoms with Crippen LogP contribution in [-0.2, 0) is 9.53 Å². The van der Waals surface area contributed by atoms with Gasteiger partial charge in [-0.2, -0.15) is 0 Å². The zero-order chi connectivity index (χ0) is 20.5. The lowest BCUT2D eigenvalue weighted by Crippen LogP contribution is -2.40. The minimum atomic E-state index is -1.32. The van der Waals surface area contributed by atoms with Gasteiger partial charge < -0.3 is 20.3 Å². The number of amides is 2. The Morgan fingerprint density at radius 3 is 2.10 bits per heavy atom. The van der Waals surface area contributed by atoms with Gasteiger partial charge in [0.15, 0.2) is 0 Å². The maximum absolute atomic E-state index is 12.3. The first-order valence-corrected chi connectivity index (χ1v) is 9.29. The zero-order valence-corrected chi connectivity index (χ0v) is 15.4. The highest BCUT2D eigenvalue weighted by Crippen LogP contribution is 2.44. The standard InChI is InChI=1S/C21H20N2O6/c24-19(25)18-9-12(10-23(18)21(27)28)22-20(26)29-11-17-15-7-3-1-5-13(15)14-6-2-4-8-16(14)17/h1-8,12,17-18H,9-11H2,(H,22,26)(H,24,25)(H,27,28)/t12-,18-/m0/s1. The second-order valence-corrected chi connectivity index (χ2v) is 7.19. The molecule has 4 rings (SSSR count). The van der Waals surface area contributed by atoms with Crippen molar-refractivity contribution >= 4 is 18.2 Å². The third-order valence-corrected chi connectivity index (χ3v) is 5.50. The summed E-state index contributed by atoms with van der Waals surface area (Å²) >= 11 is 0. The van der Waals surface area contributed by atoms with Crippen molar-refractivity contribution in [3.63, 3.8) is 0 Å². The van der Waals surface area contributed by atoms with E-state index in [1.165, 1.54) is 0 Å². The van der Waals surface area contributed by atoms with E-state index >= 15 is 0 Å². The van der Waals surface area contributed by atoms with Crippen molar-refractivity contribution in [1.29, 1.82) is 0 Å². The average Bonchev–Trinajstić information content (AvgIpc) is 3.26. The lowest BCUT2D eigenvalue weighted by molar-refractivity contribution is -0.141. The Morgan fingerprint density at radius 2 is 1.59 bits per heavy atom. The van der Waals surface area contributed by atoms with Gasteiger partial charge in [-0.3, -0.25) is 4.90 Å². The molecule has 0 unspecified atom stereocenters. The summed E-state index contributed by atoms with van der Waals surface area (Å²) in [6.07, 6.45) is -2.01. The number of aliphatic carboxylic acids is 1. The number of carboxylic acids is 1. The number of ether oxygens (including phenoxy) is 1. The number of nitrogens with one attached hydrogen (secondary N) is 1. The number of nitrogens with zero attached hydrogens (tertiary/aromatic N) is 1. The number of hydrogen-bond acceptors (Lipinski definition) is 4. The van der Waals surface area contributed by atoms with E-state index in [0.717, 1.165) is 27.2 Å². The van der Waals surface area contributed by atoms with E-state index in [0.29, 0.717) is 0 Å². The van der Waals surface area contributed by atoms with Crippen molar-refractivity contribution < 1.29 is 29.3 Å². The summed E-state index contributed by atoms with van der Waals surface area (Å²) in [7, 11) is 0. The van der Waals surface area contributed by atoms with Crippen LogP contribution in [0.5, 0.6) is 0 Å². The zero-order valence-electron chi connectivity index (χ0n) is 15.4. The Balaban J connectivity index is 1.41. The van der Waals surface area contributed by atoms with Crippen LogP contribution in [0.2, 0.25) is 0 Å². The Bertz CT molecular complexity index is 908. The fraction of sp³-hybridized carbons (Fsp3) is 0.286. The molecule has 2 aromatic carbocycles. The van der Waals surface area contributed by atoms with E-state index in [-0.39, 0.29) is 25.5 Å². The quantitative estimate of drug-likeness (QED) is 0.732. The Kier molecular flexibility index (Phi) is 4.84. The van der Waals surface area contributed by atoms with Gasteiger partial charge in [0.2, 0.25) is 0 Å². The van der Waals surface area contributed by atoms with Crippen LogP contribution in [0.15, 0.2) is 48.5 Å². The predicted octanol–water partition coefficient (Wildman–Crippen LogP) is 2.73. The van der Waals surface area contributed by atoms with Gasteiger partial charge in [0.05, 0.1) is 6.04 Å². The molecular weight excluding hydrogens is 376 g/mol. The molecule has 0 saturated carbocycles. The molecule has 8 heteroatoms. The number of carbonyl (C=O) groups excluding carboxylic acids is 1. The van der Waals surface area contributed by atoms with Crippen molar-refractivity contribution in [2.24, 2.45) is 0 Å². The molecule has 29 heavy (non-hydrogen) atoms. The summed E-state index contributed by atoms with van der Waals surface area (Å²) in [5.74, 6) is -1.32.